The molecule has 0 aliphatic rings. The van der Waals surface area contributed by atoms with Gasteiger partial charge in [0.05, 0.1) is 19.5 Å². The van der Waals surface area contributed by atoms with E-state index in [1.54, 1.807) is 19.5 Å². The van der Waals surface area contributed by atoms with Gasteiger partial charge in [0.2, 0.25) is 5.88 Å². The van der Waals surface area contributed by atoms with Crippen LogP contribution in [0, 0.1) is 5.92 Å². The third-order valence-electron chi connectivity index (χ3n) is 2.85. The average Bonchev–Trinajstić information content (AvgIpc) is 2.35. The van der Waals surface area contributed by atoms with E-state index in [0.29, 0.717) is 11.8 Å². The van der Waals surface area contributed by atoms with Crippen LogP contribution in [0.5, 0.6) is 5.88 Å². The highest BCUT2D eigenvalue weighted by Crippen LogP contribution is 2.13. The summed E-state index contributed by atoms with van der Waals surface area (Å²) in [6.07, 6.45) is 4.26. The lowest BCUT2D eigenvalue weighted by atomic mass is 10.0. The van der Waals surface area contributed by atoms with E-state index in [9.17, 15) is 0 Å². The third-order valence-corrected chi connectivity index (χ3v) is 2.85. The van der Waals surface area contributed by atoms with Gasteiger partial charge < -0.3 is 15.4 Å². The van der Waals surface area contributed by atoms with Crippen LogP contribution in [0.4, 0.5) is 5.82 Å². The van der Waals surface area contributed by atoms with Crippen molar-refractivity contribution in [3.63, 3.8) is 0 Å². The van der Waals surface area contributed by atoms with Crippen molar-refractivity contribution in [3.8, 4) is 5.88 Å². The topological polar surface area (TPSA) is 64.3 Å². The molecule has 0 aromatic carbocycles. The molecule has 96 valence electrons. The highest BCUT2D eigenvalue weighted by Gasteiger charge is 2.10. The average molecular weight is 238 g/mol. The Labute approximate surface area is 103 Å². The molecule has 1 rings (SSSR count). The minimum Gasteiger partial charge on any atom is -0.480 e. The summed E-state index contributed by atoms with van der Waals surface area (Å²) in [6, 6.07) is 0.219. The molecule has 0 radical (unpaired) electrons. The molecule has 5 nitrogen and oxygen atoms in total. The number of methoxy groups -OCH3 is 1. The Morgan fingerprint density at radius 1 is 1.41 bits per heavy atom. The number of anilines is 1. The Bertz CT molecular complexity index is 343. The van der Waals surface area contributed by atoms with Crippen LogP contribution in [-0.2, 0) is 0 Å². The van der Waals surface area contributed by atoms with Gasteiger partial charge in [-0.3, -0.25) is 4.98 Å². The van der Waals surface area contributed by atoms with Gasteiger partial charge in [0, 0.05) is 19.6 Å². The highest BCUT2D eigenvalue weighted by molar-refractivity contribution is 5.36. The molecule has 0 spiro atoms. The van der Waals surface area contributed by atoms with Crippen LogP contribution in [0.1, 0.15) is 20.3 Å². The molecule has 0 aliphatic carbocycles. The smallest absolute Gasteiger partial charge is 0.233 e. The predicted molar refractivity (Wildman–Crippen MR) is 69.3 cm³/mol. The first-order valence-electron chi connectivity index (χ1n) is 5.87. The van der Waals surface area contributed by atoms with Gasteiger partial charge >= 0.3 is 0 Å². The second-order valence-corrected chi connectivity index (χ2v) is 4.54. The summed E-state index contributed by atoms with van der Waals surface area (Å²) in [5.41, 5.74) is 6.01. The van der Waals surface area contributed by atoms with Gasteiger partial charge in [0.1, 0.15) is 0 Å². The first-order valence-corrected chi connectivity index (χ1v) is 5.87. The van der Waals surface area contributed by atoms with Gasteiger partial charge in [-0.05, 0) is 12.3 Å². The lowest BCUT2D eigenvalue weighted by molar-refractivity contribution is 0.395. The van der Waals surface area contributed by atoms with Crippen LogP contribution in [-0.4, -0.2) is 36.7 Å². The highest BCUT2D eigenvalue weighted by atomic mass is 16.5. The molecule has 0 bridgehead atoms. The normalized spacial score (nSPS) is 12.6. The Hall–Kier alpha value is -1.36. The Morgan fingerprint density at radius 3 is 2.71 bits per heavy atom. The number of aromatic nitrogens is 2. The molecule has 0 amide bonds. The number of nitrogens with zero attached hydrogens (tertiary/aromatic N) is 3. The van der Waals surface area contributed by atoms with Crippen LogP contribution in [0.3, 0.4) is 0 Å². The van der Waals surface area contributed by atoms with Crippen LogP contribution in [0.25, 0.3) is 0 Å². The van der Waals surface area contributed by atoms with Crippen molar-refractivity contribution >= 4 is 5.82 Å². The van der Waals surface area contributed by atoms with Crippen LogP contribution >= 0.6 is 0 Å². The lowest BCUT2D eigenvalue weighted by Gasteiger charge is -2.22. The quantitative estimate of drug-likeness (QED) is 0.809. The summed E-state index contributed by atoms with van der Waals surface area (Å²) in [5, 5.41) is 0. The minimum atomic E-state index is 0.219. The maximum atomic E-state index is 6.01. The molecule has 2 N–H and O–H groups in total. The second-order valence-electron chi connectivity index (χ2n) is 4.54. The maximum Gasteiger partial charge on any atom is 0.233 e. The second kappa shape index (κ2) is 6.39. The molecule has 0 saturated heterocycles. The van der Waals surface area contributed by atoms with E-state index in [2.05, 4.69) is 23.8 Å². The van der Waals surface area contributed by atoms with Crippen molar-refractivity contribution in [2.45, 2.75) is 26.3 Å². The molecule has 0 aliphatic heterocycles. The molecular weight excluding hydrogens is 216 g/mol. The summed E-state index contributed by atoms with van der Waals surface area (Å²) in [7, 11) is 3.57. The first kappa shape index (κ1) is 13.7. The van der Waals surface area contributed by atoms with Crippen molar-refractivity contribution < 1.29 is 4.74 Å². The van der Waals surface area contributed by atoms with Crippen molar-refractivity contribution in [1.29, 1.82) is 0 Å². The molecule has 1 unspecified atom stereocenters. The van der Waals surface area contributed by atoms with Crippen LogP contribution in [0.2, 0.25) is 0 Å². The van der Waals surface area contributed by atoms with Crippen molar-refractivity contribution in [1.82, 2.24) is 9.97 Å². The van der Waals surface area contributed by atoms with Gasteiger partial charge in [-0.1, -0.05) is 13.8 Å². The Morgan fingerprint density at radius 2 is 2.12 bits per heavy atom. The molecule has 0 fully saturated rings. The van der Waals surface area contributed by atoms with Gasteiger partial charge in [-0.15, -0.1) is 0 Å². The zero-order chi connectivity index (χ0) is 12.8. The van der Waals surface area contributed by atoms with Gasteiger partial charge in [-0.2, -0.15) is 4.98 Å². The van der Waals surface area contributed by atoms with Gasteiger partial charge in [-0.25, -0.2) is 0 Å². The number of ether oxygens (including phenoxy) is 1. The van der Waals surface area contributed by atoms with Gasteiger partial charge in [0.25, 0.3) is 0 Å². The standard InChI is InChI=1S/C12H22N4O/c1-9(2)10(13)5-6-16(3)11-7-14-8-12(15-11)17-4/h7-10H,5-6,13H2,1-4H3. The Kier molecular flexibility index (Phi) is 5.15. The minimum absolute atomic E-state index is 0.219. The number of hydrogen-bond donors (Lipinski definition) is 1. The molecule has 0 saturated carbocycles. The number of rotatable bonds is 6. The summed E-state index contributed by atoms with van der Waals surface area (Å²) in [6.45, 7) is 5.13. The van der Waals surface area contributed by atoms with Crippen molar-refractivity contribution in [3.05, 3.63) is 12.4 Å². The molecule has 5 heteroatoms. The molecule has 1 aromatic rings. The molecule has 1 aromatic heterocycles. The van der Waals surface area contributed by atoms with E-state index in [1.807, 2.05) is 11.9 Å². The molecular formula is C12H22N4O. The van der Waals surface area contributed by atoms with Crippen molar-refractivity contribution in [2.24, 2.45) is 11.7 Å². The largest absolute Gasteiger partial charge is 0.480 e. The number of nitrogens with two attached hydrogens (primary N) is 1. The van der Waals surface area contributed by atoms with E-state index in [4.69, 9.17) is 10.5 Å². The molecule has 1 atom stereocenters. The first-order chi connectivity index (χ1) is 8.04. The van der Waals surface area contributed by atoms with E-state index >= 15 is 0 Å². The summed E-state index contributed by atoms with van der Waals surface area (Å²) in [4.78, 5) is 10.4. The third kappa shape index (κ3) is 4.19. The summed E-state index contributed by atoms with van der Waals surface area (Å²) >= 11 is 0. The van der Waals surface area contributed by atoms with E-state index in [-0.39, 0.29) is 6.04 Å². The fraction of sp³-hybridized carbons (Fsp3) is 0.667. The fourth-order valence-corrected chi connectivity index (χ4v) is 1.41. The zero-order valence-corrected chi connectivity index (χ0v) is 11.1. The fourth-order valence-electron chi connectivity index (χ4n) is 1.41. The van der Waals surface area contributed by atoms with Crippen LogP contribution in [0.15, 0.2) is 12.4 Å². The van der Waals surface area contributed by atoms with E-state index in [1.165, 1.54) is 0 Å². The van der Waals surface area contributed by atoms with E-state index < -0.39 is 0 Å². The van der Waals surface area contributed by atoms with Gasteiger partial charge in [0.15, 0.2) is 5.82 Å². The predicted octanol–water partition coefficient (Wildman–Crippen LogP) is 1.29. The zero-order valence-electron chi connectivity index (χ0n) is 11.1. The molecule has 17 heavy (non-hydrogen) atoms. The van der Waals surface area contributed by atoms with E-state index in [0.717, 1.165) is 18.8 Å². The van der Waals surface area contributed by atoms with Crippen molar-refractivity contribution in [2.75, 3.05) is 25.6 Å². The summed E-state index contributed by atoms with van der Waals surface area (Å²) < 4.78 is 5.04. The monoisotopic (exact) mass is 238 g/mol. The summed E-state index contributed by atoms with van der Waals surface area (Å²) in [5.74, 6) is 1.84. The number of hydrogen-bond acceptors (Lipinski definition) is 5. The Balaban J connectivity index is 2.54. The SMILES string of the molecule is COc1cncc(N(C)CCC(N)C(C)C)n1. The lowest BCUT2D eigenvalue weighted by Crippen LogP contribution is -2.32. The maximum absolute atomic E-state index is 6.01. The van der Waals surface area contributed by atoms with Crippen LogP contribution < -0.4 is 15.4 Å². The molecule has 1 heterocycles.